The van der Waals surface area contributed by atoms with E-state index in [1.54, 1.807) is 12.3 Å². The molecule has 1 aromatic heterocycles. The van der Waals surface area contributed by atoms with E-state index in [2.05, 4.69) is 9.97 Å². The van der Waals surface area contributed by atoms with Crippen LogP contribution in [0.5, 0.6) is 6.01 Å². The van der Waals surface area contributed by atoms with Crippen LogP contribution in [0.25, 0.3) is 0 Å². The minimum atomic E-state index is 0.336. The summed E-state index contributed by atoms with van der Waals surface area (Å²) in [6.45, 7) is 2.43. The molecule has 2 N–H and O–H groups in total. The number of ether oxygens (including phenoxy) is 1. The fourth-order valence-electron chi connectivity index (χ4n) is 0.553. The van der Waals surface area contributed by atoms with Crippen LogP contribution < -0.4 is 10.5 Å². The molecule has 0 bridgehead atoms. The van der Waals surface area contributed by atoms with Crippen molar-refractivity contribution in [1.82, 2.24) is 9.97 Å². The molecule has 4 heteroatoms. The molecule has 10 heavy (non-hydrogen) atoms. The second-order valence-corrected chi connectivity index (χ2v) is 1.70. The maximum Gasteiger partial charge on any atom is 0.318 e. The molecule has 1 aromatic rings. The van der Waals surface area contributed by atoms with Crippen molar-refractivity contribution in [3.05, 3.63) is 12.3 Å². The molecule has 0 aromatic carbocycles. The van der Waals surface area contributed by atoms with E-state index in [0.717, 1.165) is 0 Å². The Kier molecular flexibility index (Phi) is 2.04. The quantitative estimate of drug-likeness (QED) is 0.646. The SMILES string of the molecule is CCOc1nccc(N)n1. The van der Waals surface area contributed by atoms with Crippen LogP contribution in [0.4, 0.5) is 5.82 Å². The minimum Gasteiger partial charge on any atom is -0.464 e. The molecule has 54 valence electrons. The topological polar surface area (TPSA) is 61.0 Å². The molecule has 0 aliphatic rings. The number of hydrogen-bond donors (Lipinski definition) is 1. The van der Waals surface area contributed by atoms with Gasteiger partial charge in [-0.25, -0.2) is 4.98 Å². The number of nitrogens with zero attached hydrogens (tertiary/aromatic N) is 2. The van der Waals surface area contributed by atoms with E-state index in [1.165, 1.54) is 0 Å². The van der Waals surface area contributed by atoms with Crippen molar-refractivity contribution in [3.63, 3.8) is 0 Å². The third kappa shape index (κ3) is 1.58. The average Bonchev–Trinajstić information content (AvgIpc) is 1.88. The summed E-state index contributed by atoms with van der Waals surface area (Å²) in [6.07, 6.45) is 1.56. The van der Waals surface area contributed by atoms with Gasteiger partial charge in [0.2, 0.25) is 0 Å². The number of nitrogen functional groups attached to an aromatic ring is 1. The molecule has 0 amide bonds. The maximum absolute atomic E-state index is 5.36. The molecule has 0 aliphatic heterocycles. The van der Waals surface area contributed by atoms with Gasteiger partial charge in [0.15, 0.2) is 0 Å². The van der Waals surface area contributed by atoms with Crippen molar-refractivity contribution >= 4 is 5.82 Å². The van der Waals surface area contributed by atoms with Gasteiger partial charge in [-0.15, -0.1) is 0 Å². The first-order chi connectivity index (χ1) is 4.83. The van der Waals surface area contributed by atoms with Gasteiger partial charge in [-0.1, -0.05) is 0 Å². The first-order valence-corrected chi connectivity index (χ1v) is 3.04. The first kappa shape index (κ1) is 6.80. The van der Waals surface area contributed by atoms with Gasteiger partial charge >= 0.3 is 6.01 Å². The molecule has 0 fully saturated rings. The Morgan fingerprint density at radius 1 is 1.70 bits per heavy atom. The monoisotopic (exact) mass is 139 g/mol. The van der Waals surface area contributed by atoms with Gasteiger partial charge in [-0.3, -0.25) is 0 Å². The van der Waals surface area contributed by atoms with Crippen molar-refractivity contribution in [2.75, 3.05) is 12.3 Å². The van der Waals surface area contributed by atoms with Crippen molar-refractivity contribution in [3.8, 4) is 6.01 Å². The maximum atomic E-state index is 5.36. The van der Waals surface area contributed by atoms with Gasteiger partial charge in [-0.2, -0.15) is 4.98 Å². The van der Waals surface area contributed by atoms with Gasteiger partial charge in [0.1, 0.15) is 5.82 Å². The number of anilines is 1. The molecule has 0 aliphatic carbocycles. The lowest BCUT2D eigenvalue weighted by Gasteiger charge is -1.98. The summed E-state index contributed by atoms with van der Waals surface area (Å²) in [6, 6.07) is 1.95. The van der Waals surface area contributed by atoms with E-state index in [4.69, 9.17) is 10.5 Å². The molecule has 0 saturated heterocycles. The van der Waals surface area contributed by atoms with Gasteiger partial charge in [0.25, 0.3) is 0 Å². The Bertz CT molecular complexity index is 214. The van der Waals surface area contributed by atoms with Crippen LogP contribution in [0.1, 0.15) is 6.92 Å². The molecule has 4 nitrogen and oxygen atoms in total. The molecule has 0 spiro atoms. The summed E-state index contributed by atoms with van der Waals surface area (Å²) in [7, 11) is 0. The number of nitrogens with two attached hydrogens (primary N) is 1. The summed E-state index contributed by atoms with van der Waals surface area (Å²) < 4.78 is 4.98. The smallest absolute Gasteiger partial charge is 0.318 e. The lowest BCUT2D eigenvalue weighted by molar-refractivity contribution is 0.313. The fraction of sp³-hybridized carbons (Fsp3) is 0.333. The zero-order valence-corrected chi connectivity index (χ0v) is 5.74. The summed E-state index contributed by atoms with van der Waals surface area (Å²) in [4.78, 5) is 7.62. The van der Waals surface area contributed by atoms with Gasteiger partial charge in [0, 0.05) is 6.20 Å². The normalized spacial score (nSPS) is 9.30. The fourth-order valence-corrected chi connectivity index (χ4v) is 0.553. The lowest BCUT2D eigenvalue weighted by atomic mass is 10.6. The largest absolute Gasteiger partial charge is 0.464 e. The molecule has 0 unspecified atom stereocenters. The molecule has 0 saturated carbocycles. The first-order valence-electron chi connectivity index (χ1n) is 3.04. The highest BCUT2D eigenvalue weighted by Gasteiger charge is 1.93. The number of aromatic nitrogens is 2. The van der Waals surface area contributed by atoms with Crippen molar-refractivity contribution in [2.24, 2.45) is 0 Å². The second kappa shape index (κ2) is 3.00. The van der Waals surface area contributed by atoms with Crippen molar-refractivity contribution in [2.45, 2.75) is 6.92 Å². The van der Waals surface area contributed by atoms with Crippen LogP contribution in [0.3, 0.4) is 0 Å². The number of rotatable bonds is 2. The number of hydrogen-bond acceptors (Lipinski definition) is 4. The lowest BCUT2D eigenvalue weighted by Crippen LogP contribution is -1.99. The molecule has 0 radical (unpaired) electrons. The Morgan fingerprint density at radius 2 is 2.50 bits per heavy atom. The predicted molar refractivity (Wildman–Crippen MR) is 37.6 cm³/mol. The van der Waals surface area contributed by atoms with Gasteiger partial charge in [0.05, 0.1) is 6.61 Å². The highest BCUT2D eigenvalue weighted by Crippen LogP contribution is 2.02. The van der Waals surface area contributed by atoms with Crippen molar-refractivity contribution in [1.29, 1.82) is 0 Å². The Hall–Kier alpha value is -1.32. The molecular formula is C6H9N3O. The summed E-state index contributed by atoms with van der Waals surface area (Å²) >= 11 is 0. The Morgan fingerprint density at radius 3 is 3.10 bits per heavy atom. The summed E-state index contributed by atoms with van der Waals surface area (Å²) in [5.74, 6) is 0.429. The average molecular weight is 139 g/mol. The standard InChI is InChI=1S/C6H9N3O/c1-2-10-6-8-4-3-5(7)9-6/h3-4H,2H2,1H3,(H2,7,8,9). The van der Waals surface area contributed by atoms with E-state index < -0.39 is 0 Å². The Balaban J connectivity index is 2.75. The van der Waals surface area contributed by atoms with Crippen LogP contribution in [-0.4, -0.2) is 16.6 Å². The van der Waals surface area contributed by atoms with E-state index in [-0.39, 0.29) is 0 Å². The molecule has 1 rings (SSSR count). The highest BCUT2D eigenvalue weighted by molar-refractivity contribution is 5.26. The van der Waals surface area contributed by atoms with Crippen LogP contribution >= 0.6 is 0 Å². The van der Waals surface area contributed by atoms with Crippen LogP contribution in [-0.2, 0) is 0 Å². The third-order valence-corrected chi connectivity index (χ3v) is 0.928. The third-order valence-electron chi connectivity index (χ3n) is 0.928. The van der Waals surface area contributed by atoms with Crippen LogP contribution in [0.15, 0.2) is 12.3 Å². The van der Waals surface area contributed by atoms with Crippen LogP contribution in [0, 0.1) is 0 Å². The summed E-state index contributed by atoms with van der Waals surface area (Å²) in [5.41, 5.74) is 5.36. The van der Waals surface area contributed by atoms with Crippen LogP contribution in [0.2, 0.25) is 0 Å². The van der Waals surface area contributed by atoms with Crippen molar-refractivity contribution < 1.29 is 4.74 Å². The molecule has 1 heterocycles. The summed E-state index contributed by atoms with van der Waals surface area (Å²) in [5, 5.41) is 0. The van der Waals surface area contributed by atoms with E-state index in [9.17, 15) is 0 Å². The van der Waals surface area contributed by atoms with Gasteiger partial charge in [-0.05, 0) is 13.0 Å². The minimum absolute atomic E-state index is 0.336. The molecule has 0 atom stereocenters. The zero-order valence-electron chi connectivity index (χ0n) is 5.74. The second-order valence-electron chi connectivity index (χ2n) is 1.70. The zero-order chi connectivity index (χ0) is 7.40. The van der Waals surface area contributed by atoms with E-state index in [0.29, 0.717) is 18.4 Å². The highest BCUT2D eigenvalue weighted by atomic mass is 16.5. The Labute approximate surface area is 59.1 Å². The molecular weight excluding hydrogens is 130 g/mol. The van der Waals surface area contributed by atoms with Gasteiger partial charge < -0.3 is 10.5 Å². The van der Waals surface area contributed by atoms with E-state index >= 15 is 0 Å². The van der Waals surface area contributed by atoms with E-state index in [1.807, 2.05) is 6.92 Å². The predicted octanol–water partition coefficient (Wildman–Crippen LogP) is 0.457.